The van der Waals surface area contributed by atoms with Gasteiger partial charge in [0.15, 0.2) is 0 Å². The van der Waals surface area contributed by atoms with Crippen molar-refractivity contribution >= 4 is 5.91 Å². The molecule has 0 radical (unpaired) electrons. The second-order valence-corrected chi connectivity index (χ2v) is 6.53. The van der Waals surface area contributed by atoms with Crippen molar-refractivity contribution in [2.24, 2.45) is 7.05 Å². The van der Waals surface area contributed by atoms with Crippen LogP contribution in [0.2, 0.25) is 0 Å². The monoisotopic (exact) mass is 351 g/mol. The van der Waals surface area contributed by atoms with Crippen molar-refractivity contribution in [3.8, 4) is 11.3 Å². The van der Waals surface area contributed by atoms with E-state index in [0.29, 0.717) is 11.4 Å². The van der Waals surface area contributed by atoms with E-state index in [9.17, 15) is 9.18 Å². The van der Waals surface area contributed by atoms with E-state index in [-0.39, 0.29) is 18.3 Å². The molecule has 0 bridgehead atoms. The van der Waals surface area contributed by atoms with E-state index in [1.54, 1.807) is 35.4 Å². The zero-order valence-corrected chi connectivity index (χ0v) is 14.3. The van der Waals surface area contributed by atoms with Crippen LogP contribution in [-0.2, 0) is 23.8 Å². The van der Waals surface area contributed by atoms with Gasteiger partial charge in [-0.3, -0.25) is 19.4 Å². The molecule has 2 aromatic heterocycles. The normalized spacial score (nSPS) is 14.8. The number of carbonyl (C=O) groups excluding carboxylic acids is 1. The predicted octanol–water partition coefficient (Wildman–Crippen LogP) is 2.36. The zero-order chi connectivity index (χ0) is 18.1. The summed E-state index contributed by atoms with van der Waals surface area (Å²) in [5.74, 6) is -0.363. The molecule has 0 spiro atoms. The van der Waals surface area contributed by atoms with Crippen LogP contribution in [-0.4, -0.2) is 25.7 Å². The Morgan fingerprint density at radius 2 is 1.96 bits per heavy atom. The van der Waals surface area contributed by atoms with Crippen LogP contribution in [0, 0.1) is 5.82 Å². The molecule has 0 saturated heterocycles. The molecule has 1 amide bonds. The number of hydrogen-bond donors (Lipinski definition) is 1. The van der Waals surface area contributed by atoms with Gasteiger partial charge < -0.3 is 5.32 Å². The van der Waals surface area contributed by atoms with Crippen molar-refractivity contribution in [1.29, 1.82) is 0 Å². The van der Waals surface area contributed by atoms with Gasteiger partial charge in [-0.2, -0.15) is 5.10 Å². The average molecular weight is 351 g/mol. The summed E-state index contributed by atoms with van der Waals surface area (Å²) in [7, 11) is 1.83. The van der Waals surface area contributed by atoms with Crippen molar-refractivity contribution in [1.82, 2.24) is 25.1 Å². The van der Waals surface area contributed by atoms with E-state index in [1.807, 2.05) is 13.2 Å². The van der Waals surface area contributed by atoms with Gasteiger partial charge in [0.25, 0.3) is 0 Å². The van der Waals surface area contributed by atoms with E-state index < -0.39 is 5.41 Å². The Morgan fingerprint density at radius 1 is 1.23 bits per heavy atom. The van der Waals surface area contributed by atoms with Crippen LogP contribution in [0.3, 0.4) is 0 Å². The van der Waals surface area contributed by atoms with Gasteiger partial charge in [-0.05, 0) is 30.5 Å². The average Bonchev–Trinajstić information content (AvgIpc) is 3.36. The summed E-state index contributed by atoms with van der Waals surface area (Å²) in [4.78, 5) is 21.5. The highest BCUT2D eigenvalue weighted by atomic mass is 19.1. The Bertz CT molecular complexity index is 947. The fraction of sp³-hybridized carbons (Fsp3) is 0.263. The first-order valence-corrected chi connectivity index (χ1v) is 8.42. The second kappa shape index (κ2) is 6.33. The molecule has 132 valence electrons. The molecular formula is C19H18FN5O. The molecule has 26 heavy (non-hydrogen) atoms. The van der Waals surface area contributed by atoms with Crippen LogP contribution in [0.25, 0.3) is 11.3 Å². The maximum absolute atomic E-state index is 13.2. The molecule has 7 heteroatoms. The lowest BCUT2D eigenvalue weighted by atomic mass is 9.95. The lowest BCUT2D eigenvalue weighted by Crippen LogP contribution is -2.34. The summed E-state index contributed by atoms with van der Waals surface area (Å²) in [6, 6.07) is 6.16. The Kier molecular flexibility index (Phi) is 3.99. The maximum atomic E-state index is 13.2. The van der Waals surface area contributed by atoms with E-state index in [4.69, 9.17) is 0 Å². The molecule has 1 aliphatic carbocycles. The van der Waals surface area contributed by atoms with Crippen LogP contribution in [0.1, 0.15) is 24.1 Å². The quantitative estimate of drug-likeness (QED) is 0.766. The Hall–Kier alpha value is -3.09. The fourth-order valence-corrected chi connectivity index (χ4v) is 3.15. The first kappa shape index (κ1) is 16.4. The molecule has 6 nitrogen and oxygen atoms in total. The molecule has 4 rings (SSSR count). The third-order valence-corrected chi connectivity index (χ3v) is 4.75. The molecular weight excluding hydrogens is 333 g/mol. The number of nitrogens with zero attached hydrogens (tertiary/aromatic N) is 4. The molecule has 0 aliphatic heterocycles. The Balaban J connectivity index is 1.51. The number of nitrogens with one attached hydrogen (secondary N) is 1. The van der Waals surface area contributed by atoms with E-state index >= 15 is 0 Å². The minimum Gasteiger partial charge on any atom is -0.350 e. The van der Waals surface area contributed by atoms with E-state index in [2.05, 4.69) is 20.4 Å². The minimum absolute atomic E-state index is 0.0631. The van der Waals surface area contributed by atoms with Gasteiger partial charge in [-0.1, -0.05) is 12.1 Å². The van der Waals surface area contributed by atoms with Crippen LogP contribution >= 0.6 is 0 Å². The third kappa shape index (κ3) is 2.96. The SMILES string of the molecule is Cn1cc(-c2nccnc2CNC(=O)C2(c3ccc(F)cc3)CC2)cn1. The summed E-state index contributed by atoms with van der Waals surface area (Å²) in [6.45, 7) is 0.278. The molecule has 2 heterocycles. The first-order chi connectivity index (χ1) is 12.6. The van der Waals surface area contributed by atoms with E-state index in [1.165, 1.54) is 12.1 Å². The van der Waals surface area contributed by atoms with Gasteiger partial charge in [0, 0.05) is 31.2 Å². The second-order valence-electron chi connectivity index (χ2n) is 6.53. The van der Waals surface area contributed by atoms with Gasteiger partial charge in [0.1, 0.15) is 5.82 Å². The number of aromatic nitrogens is 4. The highest BCUT2D eigenvalue weighted by molar-refractivity contribution is 5.91. The molecule has 1 saturated carbocycles. The molecule has 1 aromatic carbocycles. The molecule has 1 N–H and O–H groups in total. The standard InChI is InChI=1S/C19H18FN5O/c1-25-12-13(10-24-25)17-16(21-8-9-22-17)11-23-18(26)19(6-7-19)14-2-4-15(20)5-3-14/h2-5,8-10,12H,6-7,11H2,1H3,(H,23,26). The van der Waals surface area contributed by atoms with Gasteiger partial charge in [-0.15, -0.1) is 0 Å². The number of carbonyl (C=O) groups is 1. The highest BCUT2D eigenvalue weighted by Gasteiger charge is 2.51. The first-order valence-electron chi connectivity index (χ1n) is 8.42. The molecule has 1 aliphatic rings. The number of hydrogen-bond acceptors (Lipinski definition) is 4. The van der Waals surface area contributed by atoms with Gasteiger partial charge in [0.2, 0.25) is 5.91 Å². The van der Waals surface area contributed by atoms with Crippen LogP contribution < -0.4 is 5.32 Å². The van der Waals surface area contributed by atoms with Gasteiger partial charge in [-0.25, -0.2) is 4.39 Å². The zero-order valence-electron chi connectivity index (χ0n) is 14.3. The number of rotatable bonds is 5. The largest absolute Gasteiger partial charge is 0.350 e. The number of halogens is 1. The van der Waals surface area contributed by atoms with Crippen LogP contribution in [0.4, 0.5) is 4.39 Å². The lowest BCUT2D eigenvalue weighted by molar-refractivity contribution is -0.123. The molecule has 3 aromatic rings. The van der Waals surface area contributed by atoms with Gasteiger partial charge in [0.05, 0.1) is 29.5 Å². The topological polar surface area (TPSA) is 72.7 Å². The van der Waals surface area contributed by atoms with Crippen molar-refractivity contribution in [3.05, 3.63) is 66.1 Å². The van der Waals surface area contributed by atoms with Crippen molar-refractivity contribution < 1.29 is 9.18 Å². The van der Waals surface area contributed by atoms with E-state index in [0.717, 1.165) is 24.0 Å². The maximum Gasteiger partial charge on any atom is 0.230 e. The fourth-order valence-electron chi connectivity index (χ4n) is 3.15. The Morgan fingerprint density at radius 3 is 2.62 bits per heavy atom. The highest BCUT2D eigenvalue weighted by Crippen LogP contribution is 2.48. The minimum atomic E-state index is -0.551. The number of aryl methyl sites for hydroxylation is 1. The molecule has 0 atom stereocenters. The van der Waals surface area contributed by atoms with Crippen molar-refractivity contribution in [2.75, 3.05) is 0 Å². The summed E-state index contributed by atoms with van der Waals surface area (Å²) in [5, 5.41) is 7.13. The smallest absolute Gasteiger partial charge is 0.230 e. The summed E-state index contributed by atoms with van der Waals surface area (Å²) < 4.78 is 14.8. The van der Waals surface area contributed by atoms with Gasteiger partial charge >= 0.3 is 0 Å². The van der Waals surface area contributed by atoms with Crippen LogP contribution in [0.5, 0.6) is 0 Å². The summed E-state index contributed by atoms with van der Waals surface area (Å²) in [5.41, 5.74) is 2.54. The summed E-state index contributed by atoms with van der Waals surface area (Å²) in [6.07, 6.45) is 8.33. The molecule has 0 unspecified atom stereocenters. The third-order valence-electron chi connectivity index (χ3n) is 4.75. The number of benzene rings is 1. The lowest BCUT2D eigenvalue weighted by Gasteiger charge is -2.16. The number of amides is 1. The van der Waals surface area contributed by atoms with Crippen molar-refractivity contribution in [2.45, 2.75) is 24.8 Å². The van der Waals surface area contributed by atoms with Crippen molar-refractivity contribution in [3.63, 3.8) is 0 Å². The van der Waals surface area contributed by atoms with Crippen LogP contribution in [0.15, 0.2) is 49.1 Å². The summed E-state index contributed by atoms with van der Waals surface area (Å²) >= 11 is 0. The molecule has 1 fully saturated rings. The predicted molar refractivity (Wildman–Crippen MR) is 93.4 cm³/mol. The Labute approximate surface area is 150 Å².